The number of carbonyl (C=O) groups excluding carboxylic acids is 1. The smallest absolute Gasteiger partial charge is 0.416 e. The number of halogens is 3. The van der Waals surface area contributed by atoms with E-state index in [1.54, 1.807) is 12.1 Å². The molecule has 0 aliphatic rings. The van der Waals surface area contributed by atoms with Crippen molar-refractivity contribution < 1.29 is 22.7 Å². The Morgan fingerprint density at radius 3 is 2.44 bits per heavy atom. The van der Waals surface area contributed by atoms with Gasteiger partial charge >= 0.3 is 6.18 Å². The molecule has 32 heavy (non-hydrogen) atoms. The number of nitrogens with two attached hydrogens (primary N) is 1. The molecule has 0 saturated heterocycles. The van der Waals surface area contributed by atoms with Gasteiger partial charge in [0.1, 0.15) is 5.75 Å². The maximum absolute atomic E-state index is 13.0. The number of amides is 1. The van der Waals surface area contributed by atoms with Gasteiger partial charge in [0.25, 0.3) is 5.91 Å². The van der Waals surface area contributed by atoms with Crippen molar-refractivity contribution in [3.05, 3.63) is 71.5 Å². The molecule has 0 aliphatic carbocycles. The van der Waals surface area contributed by atoms with Crippen molar-refractivity contribution in [2.24, 2.45) is 0 Å². The highest BCUT2D eigenvalue weighted by molar-refractivity contribution is 5.95. The van der Waals surface area contributed by atoms with Crippen molar-refractivity contribution in [3.8, 4) is 11.5 Å². The molecule has 0 spiro atoms. The normalized spacial score (nSPS) is 11.9. The molecule has 3 aromatic rings. The third kappa shape index (κ3) is 5.60. The minimum absolute atomic E-state index is 0.0378. The first-order valence-electron chi connectivity index (χ1n) is 10.0. The van der Waals surface area contributed by atoms with Gasteiger partial charge < -0.3 is 15.8 Å². The number of anilines is 1. The van der Waals surface area contributed by atoms with Gasteiger partial charge in [-0.05, 0) is 63.1 Å². The SMILES string of the molecule is CC(C)(C)n1ncc(Oc2cccc(C(F)(F)F)c2)c1C(=O)NCCc1ccc(N)cc1. The largest absolute Gasteiger partial charge is 0.453 e. The highest BCUT2D eigenvalue weighted by atomic mass is 19.4. The molecule has 2 aromatic carbocycles. The number of nitrogen functional groups attached to an aromatic ring is 1. The Hall–Kier alpha value is -3.49. The lowest BCUT2D eigenvalue weighted by Crippen LogP contribution is -2.33. The van der Waals surface area contributed by atoms with Crippen molar-refractivity contribution in [2.75, 3.05) is 12.3 Å². The molecule has 0 atom stereocenters. The Morgan fingerprint density at radius 1 is 1.12 bits per heavy atom. The van der Waals surface area contributed by atoms with Gasteiger partial charge in [-0.1, -0.05) is 18.2 Å². The summed E-state index contributed by atoms with van der Waals surface area (Å²) in [6, 6.07) is 11.8. The summed E-state index contributed by atoms with van der Waals surface area (Å²) >= 11 is 0. The number of nitrogens with zero attached hydrogens (tertiary/aromatic N) is 2. The number of aromatic nitrogens is 2. The van der Waals surface area contributed by atoms with E-state index in [-0.39, 0.29) is 17.2 Å². The Balaban J connectivity index is 1.81. The van der Waals surface area contributed by atoms with Crippen LogP contribution in [-0.2, 0) is 18.1 Å². The number of hydrogen-bond acceptors (Lipinski definition) is 4. The van der Waals surface area contributed by atoms with Crippen LogP contribution in [0.25, 0.3) is 0 Å². The predicted molar refractivity (Wildman–Crippen MR) is 116 cm³/mol. The molecule has 0 saturated carbocycles. The van der Waals surface area contributed by atoms with Crippen LogP contribution in [-0.4, -0.2) is 22.2 Å². The number of carbonyl (C=O) groups is 1. The summed E-state index contributed by atoms with van der Waals surface area (Å²) in [5.41, 5.74) is 6.08. The second-order valence-electron chi connectivity index (χ2n) is 8.32. The minimum Gasteiger partial charge on any atom is -0.453 e. The maximum Gasteiger partial charge on any atom is 0.416 e. The fourth-order valence-electron chi connectivity index (χ4n) is 3.08. The van der Waals surface area contributed by atoms with E-state index < -0.39 is 23.2 Å². The van der Waals surface area contributed by atoms with E-state index in [9.17, 15) is 18.0 Å². The van der Waals surface area contributed by atoms with Crippen LogP contribution >= 0.6 is 0 Å². The number of benzene rings is 2. The van der Waals surface area contributed by atoms with Crippen LogP contribution in [0.15, 0.2) is 54.7 Å². The summed E-state index contributed by atoms with van der Waals surface area (Å²) in [5, 5.41) is 7.08. The molecule has 1 heterocycles. The van der Waals surface area contributed by atoms with E-state index in [1.807, 2.05) is 32.9 Å². The van der Waals surface area contributed by atoms with Crippen molar-refractivity contribution in [3.63, 3.8) is 0 Å². The highest BCUT2D eigenvalue weighted by Gasteiger charge is 2.31. The number of rotatable bonds is 6. The van der Waals surface area contributed by atoms with E-state index in [0.29, 0.717) is 18.7 Å². The van der Waals surface area contributed by atoms with Gasteiger partial charge in [0.15, 0.2) is 11.4 Å². The summed E-state index contributed by atoms with van der Waals surface area (Å²) in [5.74, 6) is -0.400. The Kier molecular flexibility index (Phi) is 6.47. The molecule has 0 radical (unpaired) electrons. The number of alkyl halides is 3. The number of hydrogen-bond donors (Lipinski definition) is 2. The first-order chi connectivity index (χ1) is 14.9. The van der Waals surface area contributed by atoms with E-state index in [4.69, 9.17) is 10.5 Å². The van der Waals surface area contributed by atoms with Crippen LogP contribution < -0.4 is 15.8 Å². The lowest BCUT2D eigenvalue weighted by Gasteiger charge is -2.22. The fourth-order valence-corrected chi connectivity index (χ4v) is 3.08. The van der Waals surface area contributed by atoms with Crippen LogP contribution in [0.3, 0.4) is 0 Å². The molecular weight excluding hydrogens is 421 g/mol. The number of ether oxygens (including phenoxy) is 1. The van der Waals surface area contributed by atoms with E-state index in [1.165, 1.54) is 23.0 Å². The van der Waals surface area contributed by atoms with Gasteiger partial charge in [-0.2, -0.15) is 18.3 Å². The Morgan fingerprint density at radius 2 is 1.81 bits per heavy atom. The molecule has 0 fully saturated rings. The fraction of sp³-hybridized carbons (Fsp3) is 0.304. The van der Waals surface area contributed by atoms with Gasteiger partial charge in [0.2, 0.25) is 0 Å². The van der Waals surface area contributed by atoms with Crippen LogP contribution in [0, 0.1) is 0 Å². The van der Waals surface area contributed by atoms with Gasteiger partial charge in [0, 0.05) is 12.2 Å². The lowest BCUT2D eigenvalue weighted by molar-refractivity contribution is -0.137. The Labute approximate surface area is 184 Å². The summed E-state index contributed by atoms with van der Waals surface area (Å²) < 4.78 is 46.3. The highest BCUT2D eigenvalue weighted by Crippen LogP contribution is 2.34. The van der Waals surface area contributed by atoms with Crippen LogP contribution in [0.5, 0.6) is 11.5 Å². The predicted octanol–water partition coefficient (Wildman–Crippen LogP) is 5.00. The van der Waals surface area contributed by atoms with Crippen molar-refractivity contribution in [1.82, 2.24) is 15.1 Å². The van der Waals surface area contributed by atoms with Crippen LogP contribution in [0.2, 0.25) is 0 Å². The van der Waals surface area contributed by atoms with Crippen molar-refractivity contribution in [2.45, 2.75) is 38.9 Å². The van der Waals surface area contributed by atoms with Crippen LogP contribution in [0.4, 0.5) is 18.9 Å². The molecular formula is C23H25F3N4O2. The molecule has 9 heteroatoms. The summed E-state index contributed by atoms with van der Waals surface area (Å²) in [4.78, 5) is 13.0. The molecule has 3 N–H and O–H groups in total. The quantitative estimate of drug-likeness (QED) is 0.522. The Bertz CT molecular complexity index is 1080. The third-order valence-corrected chi connectivity index (χ3v) is 4.65. The second-order valence-corrected chi connectivity index (χ2v) is 8.32. The van der Waals surface area contributed by atoms with Gasteiger partial charge in [-0.3, -0.25) is 9.48 Å². The maximum atomic E-state index is 13.0. The molecule has 0 bridgehead atoms. The lowest BCUT2D eigenvalue weighted by atomic mass is 10.1. The first kappa shape index (κ1) is 23.2. The zero-order valence-electron chi connectivity index (χ0n) is 18.0. The minimum atomic E-state index is -4.50. The average Bonchev–Trinajstić information content (AvgIpc) is 3.13. The molecule has 1 amide bonds. The molecule has 6 nitrogen and oxygen atoms in total. The first-order valence-corrected chi connectivity index (χ1v) is 10.0. The average molecular weight is 446 g/mol. The van der Waals surface area contributed by atoms with E-state index >= 15 is 0 Å². The van der Waals surface area contributed by atoms with Gasteiger partial charge in [-0.15, -0.1) is 0 Å². The van der Waals surface area contributed by atoms with Gasteiger partial charge in [-0.25, -0.2) is 0 Å². The van der Waals surface area contributed by atoms with Crippen molar-refractivity contribution in [1.29, 1.82) is 0 Å². The molecule has 1 aromatic heterocycles. The zero-order valence-corrected chi connectivity index (χ0v) is 18.0. The number of nitrogens with one attached hydrogen (secondary N) is 1. The molecule has 170 valence electrons. The van der Waals surface area contributed by atoms with E-state index in [0.717, 1.165) is 17.7 Å². The molecule has 0 aliphatic heterocycles. The summed E-state index contributed by atoms with van der Waals surface area (Å²) in [6.07, 6.45) is -2.59. The summed E-state index contributed by atoms with van der Waals surface area (Å²) in [6.45, 7) is 5.93. The topological polar surface area (TPSA) is 82.2 Å². The molecule has 0 unspecified atom stereocenters. The van der Waals surface area contributed by atoms with Crippen LogP contribution in [0.1, 0.15) is 42.4 Å². The standard InChI is InChI=1S/C23H25F3N4O2/c1-22(2,3)30-20(21(31)28-12-11-15-7-9-17(27)10-8-15)19(14-29-30)32-18-6-4-5-16(13-18)23(24,25)26/h4-10,13-14H,11-12,27H2,1-3H3,(H,28,31). The monoisotopic (exact) mass is 446 g/mol. The van der Waals surface area contributed by atoms with Gasteiger partial charge in [0.05, 0.1) is 17.3 Å². The van der Waals surface area contributed by atoms with Crippen molar-refractivity contribution >= 4 is 11.6 Å². The second kappa shape index (κ2) is 8.94. The summed E-state index contributed by atoms with van der Waals surface area (Å²) in [7, 11) is 0. The third-order valence-electron chi connectivity index (χ3n) is 4.65. The van der Waals surface area contributed by atoms with E-state index in [2.05, 4.69) is 10.4 Å². The molecule has 3 rings (SSSR count). The zero-order chi connectivity index (χ0) is 23.5.